The lowest BCUT2D eigenvalue weighted by atomic mass is 10.1. The molecule has 24 heavy (non-hydrogen) atoms. The lowest BCUT2D eigenvalue weighted by molar-refractivity contribution is -0.137. The highest BCUT2D eigenvalue weighted by Crippen LogP contribution is 2.37. The van der Waals surface area contributed by atoms with E-state index in [2.05, 4.69) is 5.32 Å². The average molecular weight is 346 g/mol. The van der Waals surface area contributed by atoms with Crippen molar-refractivity contribution in [2.45, 2.75) is 32.0 Å². The van der Waals surface area contributed by atoms with Gasteiger partial charge in [-0.3, -0.25) is 0 Å². The van der Waals surface area contributed by atoms with Crippen molar-refractivity contribution in [3.05, 3.63) is 23.8 Å². The molecule has 2 amide bonds. The first-order valence-corrected chi connectivity index (χ1v) is 7.79. The molecule has 1 atom stereocenters. The fourth-order valence-corrected chi connectivity index (χ4v) is 2.51. The summed E-state index contributed by atoms with van der Waals surface area (Å²) < 4.78 is 50.1. The van der Waals surface area contributed by atoms with Crippen molar-refractivity contribution >= 4 is 11.7 Å². The molecular formula is C16H21F3N2O3. The minimum atomic E-state index is -4.59. The van der Waals surface area contributed by atoms with Crippen LogP contribution in [0.25, 0.3) is 0 Å². The van der Waals surface area contributed by atoms with Crippen LogP contribution in [-0.2, 0) is 10.9 Å². The summed E-state index contributed by atoms with van der Waals surface area (Å²) in [4.78, 5) is 13.5. The third-order valence-corrected chi connectivity index (χ3v) is 3.70. The van der Waals surface area contributed by atoms with E-state index >= 15 is 0 Å². The quantitative estimate of drug-likeness (QED) is 0.883. The lowest BCUT2D eigenvalue weighted by Crippen LogP contribution is -2.37. The second-order valence-corrected chi connectivity index (χ2v) is 5.58. The number of hydrogen-bond acceptors (Lipinski definition) is 3. The number of hydrogen-bond donors (Lipinski definition) is 1. The molecule has 0 unspecified atom stereocenters. The third kappa shape index (κ3) is 4.77. The van der Waals surface area contributed by atoms with Gasteiger partial charge in [0.05, 0.1) is 24.0 Å². The summed E-state index contributed by atoms with van der Waals surface area (Å²) >= 11 is 0. The van der Waals surface area contributed by atoms with Crippen LogP contribution in [0.1, 0.15) is 25.3 Å². The van der Waals surface area contributed by atoms with Crippen molar-refractivity contribution in [2.75, 3.05) is 32.1 Å². The van der Waals surface area contributed by atoms with Crippen LogP contribution in [0.15, 0.2) is 18.2 Å². The van der Waals surface area contributed by atoms with Gasteiger partial charge in [-0.1, -0.05) is 0 Å². The van der Waals surface area contributed by atoms with Crippen LogP contribution in [0.2, 0.25) is 0 Å². The fraction of sp³-hybridized carbons (Fsp3) is 0.562. The summed E-state index contributed by atoms with van der Waals surface area (Å²) in [5, 5.41) is 2.32. The highest BCUT2D eigenvalue weighted by molar-refractivity contribution is 5.90. The summed E-state index contributed by atoms with van der Waals surface area (Å²) in [6.45, 7) is 2.93. The van der Waals surface area contributed by atoms with Crippen molar-refractivity contribution in [2.24, 2.45) is 0 Å². The number of ether oxygens (including phenoxy) is 2. The van der Waals surface area contributed by atoms with Crippen LogP contribution in [0.5, 0.6) is 5.75 Å². The molecule has 1 fully saturated rings. The summed E-state index contributed by atoms with van der Waals surface area (Å²) in [6.07, 6.45) is -2.89. The van der Waals surface area contributed by atoms with Gasteiger partial charge in [0.1, 0.15) is 5.75 Å². The zero-order valence-corrected chi connectivity index (χ0v) is 13.7. The van der Waals surface area contributed by atoms with E-state index in [1.165, 1.54) is 24.1 Å². The number of rotatable bonds is 5. The Balaban J connectivity index is 2.10. The van der Waals surface area contributed by atoms with E-state index in [1.807, 2.05) is 0 Å². The van der Waals surface area contributed by atoms with Gasteiger partial charge in [-0.25, -0.2) is 4.79 Å². The highest BCUT2D eigenvalue weighted by Gasteiger charge is 2.35. The van der Waals surface area contributed by atoms with Gasteiger partial charge in [0.15, 0.2) is 0 Å². The van der Waals surface area contributed by atoms with Gasteiger partial charge in [-0.05, 0) is 38.0 Å². The second-order valence-electron chi connectivity index (χ2n) is 5.58. The zero-order chi connectivity index (χ0) is 17.7. The van der Waals surface area contributed by atoms with Crippen molar-refractivity contribution in [3.8, 4) is 5.75 Å². The molecule has 134 valence electrons. The Kier molecular flexibility index (Phi) is 5.93. The predicted molar refractivity (Wildman–Crippen MR) is 83.2 cm³/mol. The van der Waals surface area contributed by atoms with Crippen LogP contribution >= 0.6 is 0 Å². The van der Waals surface area contributed by atoms with Crippen LogP contribution in [0.4, 0.5) is 23.7 Å². The monoisotopic (exact) mass is 346 g/mol. The molecule has 0 saturated carbocycles. The minimum absolute atomic E-state index is 0.0665. The van der Waals surface area contributed by atoms with Crippen molar-refractivity contribution in [1.82, 2.24) is 4.90 Å². The molecule has 1 saturated heterocycles. The number of likely N-dealkylation sites (N-methyl/N-ethyl adjacent to an activating group) is 1. The third-order valence-electron chi connectivity index (χ3n) is 3.70. The number of amides is 2. The number of carbonyl (C=O) groups is 1. The molecule has 1 aliphatic heterocycles. The number of halogens is 3. The molecule has 8 heteroatoms. The lowest BCUT2D eigenvalue weighted by Gasteiger charge is -2.22. The Morgan fingerprint density at radius 2 is 2.21 bits per heavy atom. The molecule has 1 aromatic carbocycles. The van der Waals surface area contributed by atoms with Crippen molar-refractivity contribution in [3.63, 3.8) is 0 Å². The van der Waals surface area contributed by atoms with E-state index in [9.17, 15) is 18.0 Å². The number of anilines is 1. The first-order chi connectivity index (χ1) is 11.3. The summed E-state index contributed by atoms with van der Waals surface area (Å²) in [5.41, 5.74) is -1.23. The number of nitrogens with zero attached hydrogens (tertiary/aromatic N) is 1. The molecular weight excluding hydrogens is 325 g/mol. The highest BCUT2D eigenvalue weighted by atomic mass is 19.4. The Labute approximate surface area is 138 Å². The molecule has 0 spiro atoms. The predicted octanol–water partition coefficient (Wildman–Crippen LogP) is 3.75. The molecule has 1 aromatic rings. The van der Waals surface area contributed by atoms with Crippen LogP contribution in [0, 0.1) is 0 Å². The SMILES string of the molecule is CCOc1ccc(NC(=O)N(C)C[C@@H]2CCCO2)c(C(F)(F)F)c1. The van der Waals surface area contributed by atoms with Gasteiger partial charge < -0.3 is 19.7 Å². The molecule has 2 rings (SSSR count). The molecule has 1 aliphatic rings. The average Bonchev–Trinajstić information content (AvgIpc) is 3.00. The van der Waals surface area contributed by atoms with Crippen LogP contribution in [0.3, 0.4) is 0 Å². The second kappa shape index (κ2) is 7.74. The van der Waals surface area contributed by atoms with E-state index in [1.54, 1.807) is 6.92 Å². The van der Waals surface area contributed by atoms with E-state index in [0.29, 0.717) is 13.2 Å². The van der Waals surface area contributed by atoms with Gasteiger partial charge in [0.25, 0.3) is 0 Å². The normalized spacial score (nSPS) is 17.6. The standard InChI is InChI=1S/C16H21F3N2O3/c1-3-23-11-6-7-14(13(9-11)16(17,18)19)20-15(22)21(2)10-12-5-4-8-24-12/h6-7,9,12H,3-5,8,10H2,1-2H3,(H,20,22)/t12-/m0/s1. The van der Waals surface area contributed by atoms with Crippen molar-refractivity contribution in [1.29, 1.82) is 0 Å². The maximum Gasteiger partial charge on any atom is 0.418 e. The van der Waals surface area contributed by atoms with E-state index in [4.69, 9.17) is 9.47 Å². The Hall–Kier alpha value is -1.96. The molecule has 0 aromatic heterocycles. The smallest absolute Gasteiger partial charge is 0.418 e. The topological polar surface area (TPSA) is 50.8 Å². The maximum atomic E-state index is 13.2. The zero-order valence-electron chi connectivity index (χ0n) is 13.7. The number of alkyl halides is 3. The number of carbonyl (C=O) groups excluding carboxylic acids is 1. The Bertz CT molecular complexity index is 572. The largest absolute Gasteiger partial charge is 0.494 e. The number of benzene rings is 1. The van der Waals surface area contributed by atoms with Crippen LogP contribution in [-0.4, -0.2) is 43.8 Å². The summed E-state index contributed by atoms with van der Waals surface area (Å²) in [6, 6.07) is 2.87. The molecule has 0 bridgehead atoms. The Morgan fingerprint density at radius 1 is 1.46 bits per heavy atom. The van der Waals surface area contributed by atoms with Gasteiger partial charge >= 0.3 is 12.2 Å². The molecule has 0 aliphatic carbocycles. The van der Waals surface area contributed by atoms with Gasteiger partial charge in [-0.15, -0.1) is 0 Å². The fourth-order valence-electron chi connectivity index (χ4n) is 2.51. The summed E-state index contributed by atoms with van der Waals surface area (Å²) in [5.74, 6) is 0.107. The van der Waals surface area contributed by atoms with E-state index < -0.39 is 17.8 Å². The molecule has 1 N–H and O–H groups in total. The minimum Gasteiger partial charge on any atom is -0.494 e. The van der Waals surface area contributed by atoms with E-state index in [0.717, 1.165) is 18.9 Å². The maximum absolute atomic E-state index is 13.2. The van der Waals surface area contributed by atoms with E-state index in [-0.39, 0.29) is 24.1 Å². The number of nitrogens with one attached hydrogen (secondary N) is 1. The van der Waals surface area contributed by atoms with Gasteiger partial charge in [0.2, 0.25) is 0 Å². The van der Waals surface area contributed by atoms with Crippen LogP contribution < -0.4 is 10.1 Å². The summed E-state index contributed by atoms with van der Waals surface area (Å²) in [7, 11) is 1.53. The first kappa shape index (κ1) is 18.4. The Morgan fingerprint density at radius 3 is 2.79 bits per heavy atom. The molecule has 5 nitrogen and oxygen atoms in total. The molecule has 1 heterocycles. The van der Waals surface area contributed by atoms with Crippen molar-refractivity contribution < 1.29 is 27.4 Å². The first-order valence-electron chi connectivity index (χ1n) is 7.79. The van der Waals surface area contributed by atoms with Gasteiger partial charge in [-0.2, -0.15) is 13.2 Å². The number of urea groups is 1. The van der Waals surface area contributed by atoms with Gasteiger partial charge in [0, 0.05) is 20.2 Å². The molecule has 0 radical (unpaired) electrons.